The van der Waals surface area contributed by atoms with Crippen LogP contribution in [0.3, 0.4) is 0 Å². The Morgan fingerprint density at radius 3 is 2.78 bits per heavy atom. The summed E-state index contributed by atoms with van der Waals surface area (Å²) in [7, 11) is -3.50. The van der Waals surface area contributed by atoms with Crippen LogP contribution in [0, 0.1) is 5.92 Å². The highest BCUT2D eigenvalue weighted by Gasteiger charge is 2.33. The Morgan fingerprint density at radius 1 is 1.30 bits per heavy atom. The van der Waals surface area contributed by atoms with Crippen LogP contribution in [0.1, 0.15) is 12.8 Å². The lowest BCUT2D eigenvalue weighted by Crippen LogP contribution is -2.43. The minimum Gasteiger partial charge on any atom is -0.326 e. The number of hydrogen-bond donors (Lipinski definition) is 1. The summed E-state index contributed by atoms with van der Waals surface area (Å²) in [5.41, 5.74) is 0.670. The van der Waals surface area contributed by atoms with E-state index in [0.717, 1.165) is 0 Å². The molecule has 2 aromatic heterocycles. The second-order valence-corrected chi connectivity index (χ2v) is 8.47. The second-order valence-electron chi connectivity index (χ2n) is 5.36. The minimum atomic E-state index is -3.50. The van der Waals surface area contributed by atoms with Crippen molar-refractivity contribution in [2.75, 3.05) is 18.4 Å². The summed E-state index contributed by atoms with van der Waals surface area (Å²) >= 11 is 1.20. The summed E-state index contributed by atoms with van der Waals surface area (Å²) in [6, 6.07) is 6.73. The molecule has 1 amide bonds. The second kappa shape index (κ2) is 6.77. The van der Waals surface area contributed by atoms with E-state index >= 15 is 0 Å². The lowest BCUT2D eigenvalue weighted by atomic mass is 9.99. The number of amides is 1. The third-order valence-corrected chi connectivity index (χ3v) is 7.03. The van der Waals surface area contributed by atoms with Crippen LogP contribution < -0.4 is 5.32 Å². The third kappa shape index (κ3) is 3.60. The van der Waals surface area contributed by atoms with E-state index in [1.165, 1.54) is 15.6 Å². The van der Waals surface area contributed by atoms with E-state index in [4.69, 9.17) is 0 Å². The molecular weight excluding hydrogens is 334 g/mol. The Bertz CT molecular complexity index is 761. The predicted octanol–water partition coefficient (Wildman–Crippen LogP) is 2.18. The van der Waals surface area contributed by atoms with Crippen LogP contribution in [0.15, 0.2) is 46.2 Å². The number of pyridine rings is 1. The van der Waals surface area contributed by atoms with Crippen molar-refractivity contribution >= 4 is 33.0 Å². The van der Waals surface area contributed by atoms with E-state index in [-0.39, 0.29) is 18.4 Å². The van der Waals surface area contributed by atoms with Gasteiger partial charge in [0.05, 0.1) is 5.92 Å². The van der Waals surface area contributed by atoms with Gasteiger partial charge in [0.1, 0.15) is 4.21 Å². The molecule has 0 spiro atoms. The fourth-order valence-corrected chi connectivity index (χ4v) is 5.26. The fraction of sp³-hybridized carbons (Fsp3) is 0.333. The molecule has 6 nitrogen and oxygen atoms in total. The van der Waals surface area contributed by atoms with Crippen LogP contribution >= 0.6 is 11.3 Å². The third-order valence-electron chi connectivity index (χ3n) is 3.79. The molecule has 8 heteroatoms. The molecule has 122 valence electrons. The normalized spacial score (nSPS) is 19.4. The van der Waals surface area contributed by atoms with Gasteiger partial charge in [-0.2, -0.15) is 4.31 Å². The molecule has 0 bridgehead atoms. The van der Waals surface area contributed by atoms with Crippen molar-refractivity contribution in [2.45, 2.75) is 17.1 Å². The fourth-order valence-electron chi connectivity index (χ4n) is 2.59. The number of sulfonamides is 1. The maximum atomic E-state index is 12.6. The van der Waals surface area contributed by atoms with E-state index < -0.39 is 10.0 Å². The average Bonchev–Trinajstić information content (AvgIpc) is 3.11. The van der Waals surface area contributed by atoms with Crippen LogP contribution in [-0.2, 0) is 14.8 Å². The number of carbonyl (C=O) groups is 1. The van der Waals surface area contributed by atoms with Crippen molar-refractivity contribution in [3.05, 3.63) is 42.0 Å². The number of nitrogens with one attached hydrogen (secondary N) is 1. The van der Waals surface area contributed by atoms with Crippen LogP contribution in [0.4, 0.5) is 5.69 Å². The van der Waals surface area contributed by atoms with Gasteiger partial charge in [0.2, 0.25) is 5.91 Å². The zero-order valence-electron chi connectivity index (χ0n) is 12.4. The summed E-state index contributed by atoms with van der Waals surface area (Å²) < 4.78 is 26.9. The Kier molecular flexibility index (Phi) is 4.74. The lowest BCUT2D eigenvalue weighted by Gasteiger charge is -2.30. The molecule has 0 saturated carbocycles. The first-order valence-electron chi connectivity index (χ1n) is 7.32. The summed E-state index contributed by atoms with van der Waals surface area (Å²) in [4.78, 5) is 16.3. The molecule has 1 aliphatic heterocycles. The lowest BCUT2D eigenvalue weighted by molar-refractivity contribution is -0.120. The van der Waals surface area contributed by atoms with E-state index in [0.29, 0.717) is 29.3 Å². The topological polar surface area (TPSA) is 79.4 Å². The molecule has 0 aliphatic carbocycles. The molecule has 2 aromatic rings. The largest absolute Gasteiger partial charge is 0.326 e. The van der Waals surface area contributed by atoms with Crippen LogP contribution in [0.5, 0.6) is 0 Å². The Hall–Kier alpha value is -1.77. The maximum absolute atomic E-state index is 12.6. The number of aromatic nitrogens is 1. The van der Waals surface area contributed by atoms with Gasteiger partial charge in [-0.15, -0.1) is 11.3 Å². The highest BCUT2D eigenvalue weighted by atomic mass is 32.2. The highest BCUT2D eigenvalue weighted by molar-refractivity contribution is 7.91. The van der Waals surface area contributed by atoms with Crippen molar-refractivity contribution in [3.8, 4) is 0 Å². The molecule has 1 N–H and O–H groups in total. The summed E-state index contributed by atoms with van der Waals surface area (Å²) in [5.74, 6) is -0.492. The predicted molar refractivity (Wildman–Crippen MR) is 88.7 cm³/mol. The Balaban J connectivity index is 1.70. The number of rotatable bonds is 4. The van der Waals surface area contributed by atoms with Gasteiger partial charge in [0.25, 0.3) is 10.0 Å². The van der Waals surface area contributed by atoms with Crippen molar-refractivity contribution in [1.29, 1.82) is 0 Å². The quantitative estimate of drug-likeness (QED) is 0.916. The van der Waals surface area contributed by atoms with Crippen LogP contribution in [0.2, 0.25) is 0 Å². The molecule has 1 saturated heterocycles. The van der Waals surface area contributed by atoms with E-state index in [1.807, 2.05) is 0 Å². The molecule has 3 rings (SSSR count). The first-order valence-corrected chi connectivity index (χ1v) is 9.64. The van der Waals surface area contributed by atoms with E-state index in [2.05, 4.69) is 10.3 Å². The van der Waals surface area contributed by atoms with Gasteiger partial charge in [-0.05, 0) is 36.4 Å². The maximum Gasteiger partial charge on any atom is 0.252 e. The molecule has 1 fully saturated rings. The van der Waals surface area contributed by atoms with E-state index in [9.17, 15) is 13.2 Å². The smallest absolute Gasteiger partial charge is 0.252 e. The van der Waals surface area contributed by atoms with Gasteiger partial charge in [-0.25, -0.2) is 8.42 Å². The molecule has 1 unspecified atom stereocenters. The minimum absolute atomic E-state index is 0.151. The molecule has 0 radical (unpaired) electrons. The average molecular weight is 351 g/mol. The number of nitrogens with zero attached hydrogens (tertiary/aromatic N) is 2. The van der Waals surface area contributed by atoms with Crippen LogP contribution in [-0.4, -0.2) is 36.7 Å². The van der Waals surface area contributed by atoms with Crippen LogP contribution in [0.25, 0.3) is 0 Å². The SMILES string of the molecule is O=C(Nc1ccncc1)C1CCCN(S(=O)(=O)c2cccs2)C1. The van der Waals surface area contributed by atoms with Gasteiger partial charge >= 0.3 is 0 Å². The molecular formula is C15H17N3O3S2. The summed E-state index contributed by atoms with van der Waals surface area (Å²) in [6.07, 6.45) is 4.57. The standard InChI is InChI=1S/C15H17N3O3S2/c19-15(17-13-5-7-16-8-6-13)12-3-1-9-18(11-12)23(20,21)14-4-2-10-22-14/h2,4-8,10,12H,1,3,9,11H2,(H,16,17,19). The highest BCUT2D eigenvalue weighted by Crippen LogP contribution is 2.26. The monoisotopic (exact) mass is 351 g/mol. The van der Waals surface area contributed by atoms with Crippen molar-refractivity contribution in [1.82, 2.24) is 9.29 Å². The number of anilines is 1. The number of hydrogen-bond acceptors (Lipinski definition) is 5. The number of piperidine rings is 1. The first kappa shape index (κ1) is 16.1. The van der Waals surface area contributed by atoms with Crippen molar-refractivity contribution in [2.24, 2.45) is 5.92 Å². The Morgan fingerprint density at radius 2 is 2.09 bits per heavy atom. The molecule has 0 aromatic carbocycles. The summed E-state index contributed by atoms with van der Waals surface area (Å²) in [6.45, 7) is 0.677. The number of carbonyl (C=O) groups excluding carboxylic acids is 1. The molecule has 1 aliphatic rings. The zero-order valence-corrected chi connectivity index (χ0v) is 14.0. The van der Waals surface area contributed by atoms with Gasteiger partial charge in [-0.1, -0.05) is 6.07 Å². The summed E-state index contributed by atoms with van der Waals surface area (Å²) in [5, 5.41) is 4.56. The zero-order chi connectivity index (χ0) is 16.3. The molecule has 3 heterocycles. The first-order chi connectivity index (χ1) is 11.1. The van der Waals surface area contributed by atoms with Gasteiger partial charge < -0.3 is 5.32 Å². The van der Waals surface area contributed by atoms with Crippen molar-refractivity contribution < 1.29 is 13.2 Å². The number of thiophene rings is 1. The Labute approximate surface area is 139 Å². The van der Waals surface area contributed by atoms with E-state index in [1.54, 1.807) is 42.0 Å². The molecule has 23 heavy (non-hydrogen) atoms. The molecule has 1 atom stereocenters. The van der Waals surface area contributed by atoms with Crippen molar-refractivity contribution in [3.63, 3.8) is 0 Å². The van der Waals surface area contributed by atoms with Gasteiger partial charge in [-0.3, -0.25) is 9.78 Å². The van der Waals surface area contributed by atoms with Gasteiger partial charge in [0, 0.05) is 31.2 Å². The van der Waals surface area contributed by atoms with Gasteiger partial charge in [0.15, 0.2) is 0 Å².